The van der Waals surface area contributed by atoms with Gasteiger partial charge in [-0.05, 0) is 68.1 Å². The van der Waals surface area contributed by atoms with Crippen molar-refractivity contribution >= 4 is 29.1 Å². The summed E-state index contributed by atoms with van der Waals surface area (Å²) in [5, 5.41) is 4.09. The predicted molar refractivity (Wildman–Crippen MR) is 142 cm³/mol. The Morgan fingerprint density at radius 3 is 2.17 bits per heavy atom. The molecule has 7 heteroatoms. The van der Waals surface area contributed by atoms with Gasteiger partial charge in [0.1, 0.15) is 19.0 Å². The van der Waals surface area contributed by atoms with E-state index in [4.69, 9.17) is 38.4 Å². The second-order valence-electron chi connectivity index (χ2n) is 9.02. The zero-order chi connectivity index (χ0) is 25.4. The SMILES string of the molecule is Cc1cc(Cl)c(OCCOc2ccc(CC(CN)C(=O)NC(C)(C)c3ccccc3)cc2)c(Cl)c1. The van der Waals surface area contributed by atoms with E-state index in [1.165, 1.54) is 0 Å². The second-order valence-corrected chi connectivity index (χ2v) is 9.83. The minimum Gasteiger partial charge on any atom is -0.490 e. The molecule has 0 fully saturated rings. The van der Waals surface area contributed by atoms with Gasteiger partial charge in [-0.3, -0.25) is 4.79 Å². The maximum atomic E-state index is 12.9. The van der Waals surface area contributed by atoms with Gasteiger partial charge >= 0.3 is 0 Å². The van der Waals surface area contributed by atoms with Crippen molar-refractivity contribution in [2.75, 3.05) is 19.8 Å². The molecule has 3 N–H and O–H groups in total. The lowest BCUT2D eigenvalue weighted by Crippen LogP contribution is -2.46. The quantitative estimate of drug-likeness (QED) is 0.311. The van der Waals surface area contributed by atoms with Crippen molar-refractivity contribution in [3.05, 3.63) is 93.5 Å². The van der Waals surface area contributed by atoms with Gasteiger partial charge in [0, 0.05) is 6.54 Å². The van der Waals surface area contributed by atoms with Crippen molar-refractivity contribution in [1.82, 2.24) is 5.32 Å². The lowest BCUT2D eigenvalue weighted by atomic mass is 9.92. The molecule has 0 saturated heterocycles. The summed E-state index contributed by atoms with van der Waals surface area (Å²) in [6, 6.07) is 21.2. The van der Waals surface area contributed by atoms with Crippen LogP contribution in [-0.4, -0.2) is 25.7 Å². The molecule has 0 heterocycles. The molecule has 0 radical (unpaired) electrons. The summed E-state index contributed by atoms with van der Waals surface area (Å²) in [5.74, 6) is 0.770. The number of carbonyl (C=O) groups is 1. The van der Waals surface area contributed by atoms with Gasteiger partial charge in [-0.15, -0.1) is 0 Å². The molecular formula is C28H32Cl2N2O3. The number of nitrogens with two attached hydrogens (primary N) is 1. The Morgan fingerprint density at radius 2 is 1.57 bits per heavy atom. The van der Waals surface area contributed by atoms with Crippen molar-refractivity contribution < 1.29 is 14.3 Å². The van der Waals surface area contributed by atoms with Crippen LogP contribution in [0, 0.1) is 12.8 Å². The number of aryl methyl sites for hydroxylation is 1. The number of benzene rings is 3. The van der Waals surface area contributed by atoms with Gasteiger partial charge in [0.2, 0.25) is 5.91 Å². The summed E-state index contributed by atoms with van der Waals surface area (Å²) in [5.41, 5.74) is 8.48. The zero-order valence-corrected chi connectivity index (χ0v) is 21.8. The molecule has 0 aliphatic heterocycles. The average molecular weight is 515 g/mol. The smallest absolute Gasteiger partial charge is 0.225 e. The molecule has 186 valence electrons. The third-order valence-electron chi connectivity index (χ3n) is 5.73. The molecule has 5 nitrogen and oxygen atoms in total. The van der Waals surface area contributed by atoms with Crippen molar-refractivity contribution in [3.8, 4) is 11.5 Å². The number of ether oxygens (including phenoxy) is 2. The zero-order valence-electron chi connectivity index (χ0n) is 20.3. The van der Waals surface area contributed by atoms with Crippen LogP contribution in [0.3, 0.4) is 0 Å². The third kappa shape index (κ3) is 7.63. The molecule has 0 bridgehead atoms. The summed E-state index contributed by atoms with van der Waals surface area (Å²) < 4.78 is 11.5. The van der Waals surface area contributed by atoms with Crippen LogP contribution >= 0.6 is 23.2 Å². The number of amides is 1. The maximum absolute atomic E-state index is 12.9. The fourth-order valence-electron chi connectivity index (χ4n) is 3.75. The molecule has 3 aromatic rings. The molecule has 1 amide bonds. The summed E-state index contributed by atoms with van der Waals surface area (Å²) >= 11 is 12.4. The Kier molecular flexibility index (Phi) is 9.44. The van der Waals surface area contributed by atoms with Gasteiger partial charge < -0.3 is 20.5 Å². The number of hydrogen-bond acceptors (Lipinski definition) is 4. The fourth-order valence-corrected chi connectivity index (χ4v) is 4.46. The molecule has 1 unspecified atom stereocenters. The molecule has 0 saturated carbocycles. The van der Waals surface area contributed by atoms with E-state index in [9.17, 15) is 4.79 Å². The molecule has 0 aliphatic rings. The van der Waals surface area contributed by atoms with E-state index >= 15 is 0 Å². The summed E-state index contributed by atoms with van der Waals surface area (Å²) in [7, 11) is 0. The monoisotopic (exact) mass is 514 g/mol. The first kappa shape index (κ1) is 26.9. The maximum Gasteiger partial charge on any atom is 0.225 e. The molecule has 1 atom stereocenters. The summed E-state index contributed by atoms with van der Waals surface area (Å²) in [6.45, 7) is 6.80. The van der Waals surface area contributed by atoms with Gasteiger partial charge in [0.25, 0.3) is 0 Å². The summed E-state index contributed by atoms with van der Waals surface area (Å²) in [6.07, 6.45) is 0.543. The molecule has 35 heavy (non-hydrogen) atoms. The Labute approximate surface area is 217 Å². The van der Waals surface area contributed by atoms with Gasteiger partial charge in [-0.25, -0.2) is 0 Å². The highest BCUT2D eigenvalue weighted by Gasteiger charge is 2.26. The number of nitrogens with one attached hydrogen (secondary N) is 1. The van der Waals surface area contributed by atoms with Crippen molar-refractivity contribution in [2.24, 2.45) is 11.7 Å². The molecule has 0 aromatic heterocycles. The van der Waals surface area contributed by atoms with Crippen LogP contribution in [-0.2, 0) is 16.8 Å². The molecule has 0 aliphatic carbocycles. The highest BCUT2D eigenvalue weighted by Crippen LogP contribution is 2.34. The van der Waals surface area contributed by atoms with E-state index in [-0.39, 0.29) is 18.4 Å². The highest BCUT2D eigenvalue weighted by molar-refractivity contribution is 6.37. The van der Waals surface area contributed by atoms with Crippen molar-refractivity contribution in [3.63, 3.8) is 0 Å². The molecule has 3 rings (SSSR count). The Hall–Kier alpha value is -2.73. The minimum atomic E-state index is -0.488. The van der Waals surface area contributed by atoms with Gasteiger partial charge in [-0.2, -0.15) is 0 Å². The minimum absolute atomic E-state index is 0.0627. The van der Waals surface area contributed by atoms with E-state index < -0.39 is 5.54 Å². The Balaban J connectivity index is 1.50. The van der Waals surface area contributed by atoms with E-state index in [0.717, 1.165) is 16.7 Å². The lowest BCUT2D eigenvalue weighted by Gasteiger charge is -2.29. The van der Waals surface area contributed by atoms with E-state index in [2.05, 4.69) is 5.32 Å². The normalized spacial score (nSPS) is 12.2. The first-order chi connectivity index (χ1) is 16.7. The molecule has 0 spiro atoms. The van der Waals surface area contributed by atoms with Crippen molar-refractivity contribution in [2.45, 2.75) is 32.7 Å². The van der Waals surface area contributed by atoms with Crippen LogP contribution in [0.1, 0.15) is 30.5 Å². The van der Waals surface area contributed by atoms with E-state index in [0.29, 0.717) is 41.2 Å². The largest absolute Gasteiger partial charge is 0.490 e. The number of carbonyl (C=O) groups excluding carboxylic acids is 1. The van der Waals surface area contributed by atoms with Crippen LogP contribution in [0.25, 0.3) is 0 Å². The van der Waals surface area contributed by atoms with Crippen LogP contribution in [0.15, 0.2) is 66.7 Å². The van der Waals surface area contributed by atoms with E-state index in [1.807, 2.05) is 75.4 Å². The van der Waals surface area contributed by atoms with Crippen LogP contribution < -0.4 is 20.5 Å². The number of rotatable bonds is 11. The van der Waals surface area contributed by atoms with Crippen molar-refractivity contribution in [1.29, 1.82) is 0 Å². The molecular weight excluding hydrogens is 483 g/mol. The van der Waals surface area contributed by atoms with Crippen LogP contribution in [0.5, 0.6) is 11.5 Å². The van der Waals surface area contributed by atoms with Gasteiger partial charge in [0.05, 0.1) is 21.5 Å². The topological polar surface area (TPSA) is 73.6 Å². The second kappa shape index (κ2) is 12.3. The predicted octanol–water partition coefficient (Wildman–Crippen LogP) is 5.93. The Morgan fingerprint density at radius 1 is 0.971 bits per heavy atom. The number of hydrogen-bond donors (Lipinski definition) is 2. The average Bonchev–Trinajstić information content (AvgIpc) is 2.82. The van der Waals surface area contributed by atoms with Gasteiger partial charge in [-0.1, -0.05) is 65.7 Å². The van der Waals surface area contributed by atoms with Crippen LogP contribution in [0.4, 0.5) is 0 Å². The first-order valence-electron chi connectivity index (χ1n) is 11.6. The third-order valence-corrected chi connectivity index (χ3v) is 6.29. The highest BCUT2D eigenvalue weighted by atomic mass is 35.5. The standard InChI is InChI=1S/C28H32Cl2N2O3/c1-19-15-24(29)26(25(30)16-19)35-14-13-34-23-11-9-20(10-12-23)17-21(18-31)27(33)32-28(2,3)22-7-5-4-6-8-22/h4-12,15-16,21H,13-14,17-18,31H2,1-3H3,(H,32,33). The molecule has 3 aromatic carbocycles. The van der Waals surface area contributed by atoms with Gasteiger partial charge in [0.15, 0.2) is 5.75 Å². The summed E-state index contributed by atoms with van der Waals surface area (Å²) in [4.78, 5) is 12.9. The lowest BCUT2D eigenvalue weighted by molar-refractivity contribution is -0.126. The Bertz CT molecular complexity index is 1100. The van der Waals surface area contributed by atoms with E-state index in [1.54, 1.807) is 12.1 Å². The fraction of sp³-hybridized carbons (Fsp3) is 0.321. The van der Waals surface area contributed by atoms with Crippen LogP contribution in [0.2, 0.25) is 10.0 Å². The number of halogens is 2. The first-order valence-corrected chi connectivity index (χ1v) is 12.3.